The molecule has 2 heterocycles. The molecule has 0 aromatic heterocycles. The average molecular weight is 290 g/mol. The fraction of sp³-hybridized carbons (Fsp3) is 0.647. The van der Waals surface area contributed by atoms with E-state index in [1.807, 2.05) is 6.07 Å². The van der Waals surface area contributed by atoms with Crippen molar-refractivity contribution in [3.05, 3.63) is 23.8 Å². The molecule has 1 aromatic rings. The molecule has 2 aliphatic rings. The number of fused-ring (bicyclic) bond motifs is 1. The highest BCUT2D eigenvalue weighted by Gasteiger charge is 2.34. The maximum absolute atomic E-state index is 5.41. The van der Waals surface area contributed by atoms with E-state index < -0.39 is 0 Å². The van der Waals surface area contributed by atoms with Gasteiger partial charge in [-0.15, -0.1) is 0 Å². The molecule has 0 radical (unpaired) electrons. The SMILES string of the molecule is COc1ccc(CN2C[C@H]3CCCN3C[C@@H]2C)cc1OC. The predicted octanol–water partition coefficient (Wildman–Crippen LogP) is 2.37. The molecule has 0 saturated carbocycles. The molecule has 0 spiro atoms. The minimum Gasteiger partial charge on any atom is -0.493 e. The fourth-order valence-electron chi connectivity index (χ4n) is 3.68. The Morgan fingerprint density at radius 2 is 1.95 bits per heavy atom. The van der Waals surface area contributed by atoms with Crippen LogP contribution in [-0.2, 0) is 6.54 Å². The van der Waals surface area contributed by atoms with Gasteiger partial charge in [-0.25, -0.2) is 0 Å². The van der Waals surface area contributed by atoms with Crippen molar-refractivity contribution in [3.63, 3.8) is 0 Å². The summed E-state index contributed by atoms with van der Waals surface area (Å²) in [5.41, 5.74) is 1.30. The van der Waals surface area contributed by atoms with Gasteiger partial charge in [-0.1, -0.05) is 6.07 Å². The summed E-state index contributed by atoms with van der Waals surface area (Å²) in [4.78, 5) is 5.27. The Labute approximate surface area is 127 Å². The summed E-state index contributed by atoms with van der Waals surface area (Å²) in [6.45, 7) is 7.02. The van der Waals surface area contributed by atoms with Gasteiger partial charge in [0.2, 0.25) is 0 Å². The van der Waals surface area contributed by atoms with E-state index in [-0.39, 0.29) is 0 Å². The molecule has 0 unspecified atom stereocenters. The predicted molar refractivity (Wildman–Crippen MR) is 84.0 cm³/mol. The van der Waals surface area contributed by atoms with Crippen LogP contribution in [0.4, 0.5) is 0 Å². The fourth-order valence-corrected chi connectivity index (χ4v) is 3.68. The van der Waals surface area contributed by atoms with E-state index in [1.165, 1.54) is 38.0 Å². The minimum atomic E-state index is 0.618. The lowest BCUT2D eigenvalue weighted by Gasteiger charge is -2.42. The molecular weight excluding hydrogens is 264 g/mol. The lowest BCUT2D eigenvalue weighted by atomic mass is 10.1. The Morgan fingerprint density at radius 3 is 2.71 bits per heavy atom. The summed E-state index contributed by atoms with van der Waals surface area (Å²) < 4.78 is 10.7. The molecule has 3 rings (SSSR count). The maximum atomic E-state index is 5.41. The van der Waals surface area contributed by atoms with Crippen molar-refractivity contribution >= 4 is 0 Å². The molecule has 116 valence electrons. The molecule has 2 fully saturated rings. The van der Waals surface area contributed by atoms with Crippen LogP contribution in [0.3, 0.4) is 0 Å². The third-order valence-corrected chi connectivity index (χ3v) is 4.90. The molecule has 0 bridgehead atoms. The van der Waals surface area contributed by atoms with E-state index in [2.05, 4.69) is 28.9 Å². The number of nitrogens with zero attached hydrogens (tertiary/aromatic N) is 2. The van der Waals surface area contributed by atoms with Crippen LogP contribution in [0.15, 0.2) is 18.2 Å². The largest absolute Gasteiger partial charge is 0.493 e. The number of rotatable bonds is 4. The second kappa shape index (κ2) is 6.24. The van der Waals surface area contributed by atoms with Gasteiger partial charge in [0, 0.05) is 31.7 Å². The lowest BCUT2D eigenvalue weighted by Crippen LogP contribution is -2.54. The summed E-state index contributed by atoms with van der Waals surface area (Å²) in [6.07, 6.45) is 2.72. The molecule has 0 N–H and O–H groups in total. The van der Waals surface area contributed by atoms with Crippen LogP contribution in [0, 0.1) is 0 Å². The Hall–Kier alpha value is -1.26. The van der Waals surface area contributed by atoms with Crippen molar-refractivity contribution in [2.24, 2.45) is 0 Å². The zero-order valence-corrected chi connectivity index (χ0v) is 13.3. The number of hydrogen-bond donors (Lipinski definition) is 0. The molecule has 4 heteroatoms. The lowest BCUT2D eigenvalue weighted by molar-refractivity contribution is 0.0540. The normalized spacial score (nSPS) is 26.6. The van der Waals surface area contributed by atoms with Crippen molar-refractivity contribution in [1.82, 2.24) is 9.80 Å². The quantitative estimate of drug-likeness (QED) is 0.850. The second-order valence-electron chi connectivity index (χ2n) is 6.26. The van der Waals surface area contributed by atoms with Crippen LogP contribution in [0.25, 0.3) is 0 Å². The van der Waals surface area contributed by atoms with Crippen molar-refractivity contribution in [2.75, 3.05) is 33.9 Å². The summed E-state index contributed by atoms with van der Waals surface area (Å²) in [5.74, 6) is 1.62. The van der Waals surface area contributed by atoms with Gasteiger partial charge < -0.3 is 9.47 Å². The molecule has 4 nitrogen and oxygen atoms in total. The van der Waals surface area contributed by atoms with E-state index >= 15 is 0 Å². The molecule has 21 heavy (non-hydrogen) atoms. The van der Waals surface area contributed by atoms with Crippen LogP contribution in [0.2, 0.25) is 0 Å². The first-order valence-electron chi connectivity index (χ1n) is 7.90. The van der Waals surface area contributed by atoms with Crippen molar-refractivity contribution < 1.29 is 9.47 Å². The highest BCUT2D eigenvalue weighted by Crippen LogP contribution is 2.30. The number of benzene rings is 1. The standard InChI is InChI=1S/C17H26N2O2/c1-13-10-18-8-4-5-15(18)12-19(13)11-14-6-7-16(20-2)17(9-14)21-3/h6-7,9,13,15H,4-5,8,10-12H2,1-3H3/t13-,15+/m0/s1. The first-order valence-corrected chi connectivity index (χ1v) is 7.90. The number of ether oxygens (including phenoxy) is 2. The highest BCUT2D eigenvalue weighted by atomic mass is 16.5. The van der Waals surface area contributed by atoms with E-state index in [1.54, 1.807) is 14.2 Å². The van der Waals surface area contributed by atoms with Gasteiger partial charge in [-0.2, -0.15) is 0 Å². The molecule has 2 aliphatic heterocycles. The van der Waals surface area contributed by atoms with Gasteiger partial charge in [0.25, 0.3) is 0 Å². The highest BCUT2D eigenvalue weighted by molar-refractivity contribution is 5.42. The molecule has 1 aromatic carbocycles. The molecule has 2 atom stereocenters. The van der Waals surface area contributed by atoms with Gasteiger partial charge in [-0.3, -0.25) is 9.80 Å². The van der Waals surface area contributed by atoms with Gasteiger partial charge in [0.15, 0.2) is 11.5 Å². The van der Waals surface area contributed by atoms with Gasteiger partial charge in [0.05, 0.1) is 14.2 Å². The second-order valence-corrected chi connectivity index (χ2v) is 6.26. The Morgan fingerprint density at radius 1 is 1.14 bits per heavy atom. The van der Waals surface area contributed by atoms with E-state index in [4.69, 9.17) is 9.47 Å². The van der Waals surface area contributed by atoms with Gasteiger partial charge in [0.1, 0.15) is 0 Å². The third kappa shape index (κ3) is 3.01. The van der Waals surface area contributed by atoms with E-state index in [9.17, 15) is 0 Å². The average Bonchev–Trinajstić information content (AvgIpc) is 2.94. The van der Waals surface area contributed by atoms with Crippen molar-refractivity contribution in [1.29, 1.82) is 0 Å². The topological polar surface area (TPSA) is 24.9 Å². The van der Waals surface area contributed by atoms with Crippen molar-refractivity contribution in [3.8, 4) is 11.5 Å². The summed E-state index contributed by atoms with van der Waals surface area (Å²) in [5, 5.41) is 0. The molecular formula is C17H26N2O2. The third-order valence-electron chi connectivity index (χ3n) is 4.90. The number of hydrogen-bond acceptors (Lipinski definition) is 4. The summed E-state index contributed by atoms with van der Waals surface area (Å²) in [7, 11) is 3.38. The zero-order valence-electron chi connectivity index (χ0n) is 13.3. The van der Waals surface area contributed by atoms with Crippen LogP contribution in [0.1, 0.15) is 25.3 Å². The minimum absolute atomic E-state index is 0.618. The van der Waals surface area contributed by atoms with Crippen molar-refractivity contribution in [2.45, 2.75) is 38.4 Å². The number of piperazine rings is 1. The van der Waals surface area contributed by atoms with Crippen LogP contribution in [-0.4, -0.2) is 55.7 Å². The smallest absolute Gasteiger partial charge is 0.161 e. The van der Waals surface area contributed by atoms with E-state index in [0.717, 1.165) is 24.1 Å². The zero-order chi connectivity index (χ0) is 14.8. The molecule has 2 saturated heterocycles. The summed E-state index contributed by atoms with van der Waals surface area (Å²) in [6, 6.07) is 7.64. The first-order chi connectivity index (χ1) is 10.2. The Balaban J connectivity index is 1.70. The Kier molecular flexibility index (Phi) is 4.36. The maximum Gasteiger partial charge on any atom is 0.161 e. The van der Waals surface area contributed by atoms with Crippen LogP contribution >= 0.6 is 0 Å². The first kappa shape index (κ1) is 14.7. The Bertz CT molecular complexity index is 492. The monoisotopic (exact) mass is 290 g/mol. The molecule has 0 amide bonds. The van der Waals surface area contributed by atoms with Gasteiger partial charge >= 0.3 is 0 Å². The van der Waals surface area contributed by atoms with Gasteiger partial charge in [-0.05, 0) is 44.0 Å². The van der Waals surface area contributed by atoms with Crippen LogP contribution in [0.5, 0.6) is 11.5 Å². The van der Waals surface area contributed by atoms with Crippen LogP contribution < -0.4 is 9.47 Å². The molecule has 0 aliphatic carbocycles. The van der Waals surface area contributed by atoms with E-state index in [0.29, 0.717) is 6.04 Å². The number of methoxy groups -OCH3 is 2. The summed E-state index contributed by atoms with van der Waals surface area (Å²) >= 11 is 0.